The maximum atomic E-state index is 12.9. The molecule has 0 radical (unpaired) electrons. The van der Waals surface area contributed by atoms with Crippen LogP contribution < -0.4 is 14.2 Å². The summed E-state index contributed by atoms with van der Waals surface area (Å²) in [5.41, 5.74) is 7.49. The molecule has 1 N–H and O–H groups in total. The molecular formula is C44H52N2O6S. The summed E-state index contributed by atoms with van der Waals surface area (Å²) in [7, 11) is 1.98. The van der Waals surface area contributed by atoms with Crippen LogP contribution in [-0.2, 0) is 41.4 Å². The van der Waals surface area contributed by atoms with E-state index in [1.54, 1.807) is 0 Å². The van der Waals surface area contributed by atoms with Crippen LogP contribution in [-0.4, -0.2) is 44.7 Å². The van der Waals surface area contributed by atoms with Crippen LogP contribution in [0.4, 0.5) is 0 Å². The van der Waals surface area contributed by atoms with Gasteiger partial charge in [0, 0.05) is 23.6 Å². The number of aromatic nitrogens is 2. The Morgan fingerprint density at radius 2 is 1.68 bits per heavy atom. The van der Waals surface area contributed by atoms with E-state index in [2.05, 4.69) is 52.0 Å². The van der Waals surface area contributed by atoms with Crippen LogP contribution in [0.3, 0.4) is 0 Å². The van der Waals surface area contributed by atoms with Crippen molar-refractivity contribution in [3.63, 3.8) is 0 Å². The predicted molar refractivity (Wildman–Crippen MR) is 212 cm³/mol. The molecule has 0 bridgehead atoms. The Hall–Kier alpha value is -4.63. The van der Waals surface area contributed by atoms with Crippen LogP contribution in [0.25, 0.3) is 11.0 Å². The number of hydrogen-bond donors (Lipinski definition) is 1. The maximum absolute atomic E-state index is 12.9. The topological polar surface area (TPSA) is 92.0 Å². The van der Waals surface area contributed by atoms with Gasteiger partial charge in [0.2, 0.25) is 0 Å². The lowest BCUT2D eigenvalue weighted by Gasteiger charge is -2.37. The van der Waals surface area contributed by atoms with Gasteiger partial charge in [-0.05, 0) is 124 Å². The van der Waals surface area contributed by atoms with Gasteiger partial charge in [0.15, 0.2) is 0 Å². The van der Waals surface area contributed by atoms with Gasteiger partial charge in [0.25, 0.3) is 0 Å². The Kier molecular flexibility index (Phi) is 11.1. The zero-order chi connectivity index (χ0) is 38.1. The highest BCUT2D eigenvalue weighted by atomic mass is 32.2. The van der Waals surface area contributed by atoms with E-state index in [-0.39, 0.29) is 16.6 Å². The number of aryl methyl sites for hydroxylation is 1. The van der Waals surface area contributed by atoms with Crippen molar-refractivity contribution >= 4 is 28.8 Å². The second-order valence-corrected chi connectivity index (χ2v) is 16.7. The summed E-state index contributed by atoms with van der Waals surface area (Å²) in [5.74, 6) is 3.28. The number of thioether (sulfide) groups is 1. The minimum Gasteiger partial charge on any atom is -0.507 e. The Bertz CT molecular complexity index is 2100. The number of benzene rings is 4. The van der Waals surface area contributed by atoms with E-state index < -0.39 is 5.60 Å². The third kappa shape index (κ3) is 8.46. The number of carbonyl (C=O) groups is 1. The molecule has 0 saturated carbocycles. The number of carbonyl (C=O) groups excluding carboxylic acids is 1. The van der Waals surface area contributed by atoms with Crippen molar-refractivity contribution in [1.82, 2.24) is 9.55 Å². The second-order valence-electron chi connectivity index (χ2n) is 15.4. The first-order chi connectivity index (χ1) is 25.2. The van der Waals surface area contributed by atoms with Gasteiger partial charge < -0.3 is 28.6 Å². The lowest BCUT2D eigenvalue weighted by molar-refractivity contribution is -0.142. The molecule has 2 unspecified atom stereocenters. The minimum atomic E-state index is -0.499. The zero-order valence-electron chi connectivity index (χ0n) is 32.5. The molecule has 0 saturated heterocycles. The Balaban J connectivity index is 1.07. The molecule has 2 heterocycles. The van der Waals surface area contributed by atoms with Crippen LogP contribution in [0.5, 0.6) is 23.0 Å². The number of fused-ring (bicyclic) bond motifs is 2. The van der Waals surface area contributed by atoms with Gasteiger partial charge in [-0.25, -0.2) is 4.98 Å². The number of nitrogens with zero attached hydrogens (tertiary/aromatic N) is 2. The van der Waals surface area contributed by atoms with E-state index in [9.17, 15) is 9.90 Å². The average molecular weight is 737 g/mol. The molecule has 280 valence electrons. The van der Waals surface area contributed by atoms with Crippen molar-refractivity contribution < 1.29 is 28.8 Å². The van der Waals surface area contributed by atoms with Crippen molar-refractivity contribution in [2.24, 2.45) is 7.05 Å². The van der Waals surface area contributed by atoms with E-state index in [4.69, 9.17) is 23.9 Å². The van der Waals surface area contributed by atoms with Gasteiger partial charge in [-0.1, -0.05) is 45.0 Å². The highest BCUT2D eigenvalue weighted by molar-refractivity contribution is 8.00. The van der Waals surface area contributed by atoms with Gasteiger partial charge in [-0.2, -0.15) is 0 Å². The van der Waals surface area contributed by atoms with Crippen molar-refractivity contribution in [2.75, 3.05) is 13.2 Å². The molecular weight excluding hydrogens is 685 g/mol. The Morgan fingerprint density at radius 1 is 0.981 bits per heavy atom. The highest BCUT2D eigenvalue weighted by Crippen LogP contribution is 2.43. The van der Waals surface area contributed by atoms with Gasteiger partial charge >= 0.3 is 5.97 Å². The molecule has 2 atom stereocenters. The summed E-state index contributed by atoms with van der Waals surface area (Å²) in [4.78, 5) is 18.8. The number of phenols is 1. The molecule has 1 aromatic heterocycles. The Labute approximate surface area is 317 Å². The zero-order valence-corrected chi connectivity index (χ0v) is 33.3. The van der Waals surface area contributed by atoms with E-state index in [0.717, 1.165) is 79.7 Å². The molecule has 5 aromatic rings. The number of rotatable bonds is 12. The monoisotopic (exact) mass is 736 g/mol. The van der Waals surface area contributed by atoms with Crippen molar-refractivity contribution in [3.8, 4) is 23.0 Å². The van der Waals surface area contributed by atoms with Crippen LogP contribution in [0, 0.1) is 20.8 Å². The SMILES string of the molecule is CCOC(=O)C(Cc1ccc(OCc2nc3ccc(OCC4(C)CCc5c(C)c(O)c(C)c(C)c5O4)cc3n2C)cc1)Sc1ccc(C(C)(C)C)cc1. The fourth-order valence-electron chi connectivity index (χ4n) is 6.76. The third-order valence-electron chi connectivity index (χ3n) is 10.3. The quantitative estimate of drug-likeness (QED) is 0.100. The first-order valence-corrected chi connectivity index (χ1v) is 19.3. The molecule has 1 aliphatic heterocycles. The molecule has 0 aliphatic carbocycles. The summed E-state index contributed by atoms with van der Waals surface area (Å²) in [6.45, 7) is 17.4. The lowest BCUT2D eigenvalue weighted by atomic mass is 9.87. The van der Waals surface area contributed by atoms with E-state index in [1.165, 1.54) is 17.3 Å². The predicted octanol–water partition coefficient (Wildman–Crippen LogP) is 9.51. The molecule has 8 nitrogen and oxygen atoms in total. The number of phenolic OH excluding ortho intramolecular Hbond substituents is 1. The molecule has 0 fully saturated rings. The largest absolute Gasteiger partial charge is 0.507 e. The molecule has 0 spiro atoms. The minimum absolute atomic E-state index is 0.0696. The van der Waals surface area contributed by atoms with Crippen molar-refractivity contribution in [3.05, 3.63) is 106 Å². The number of aromatic hydroxyl groups is 1. The third-order valence-corrected chi connectivity index (χ3v) is 11.5. The number of ether oxygens (including phenoxy) is 4. The highest BCUT2D eigenvalue weighted by Gasteiger charge is 2.35. The number of esters is 1. The van der Waals surface area contributed by atoms with Crippen molar-refractivity contribution in [1.29, 1.82) is 0 Å². The molecule has 4 aromatic carbocycles. The van der Waals surface area contributed by atoms with Gasteiger partial charge in [-0.3, -0.25) is 4.79 Å². The molecule has 6 rings (SSSR count). The maximum Gasteiger partial charge on any atom is 0.319 e. The van der Waals surface area contributed by atoms with Gasteiger partial charge in [-0.15, -0.1) is 11.8 Å². The molecule has 1 aliphatic rings. The summed E-state index contributed by atoms with van der Waals surface area (Å²) in [6, 6.07) is 22.3. The summed E-state index contributed by atoms with van der Waals surface area (Å²) < 4.78 is 26.5. The van der Waals surface area contributed by atoms with E-state index in [0.29, 0.717) is 32.0 Å². The van der Waals surface area contributed by atoms with Gasteiger partial charge in [0.1, 0.15) is 52.9 Å². The average Bonchev–Trinajstić information content (AvgIpc) is 3.45. The standard InChI is InChI=1S/C44H52N2O6S/c1-10-49-42(48)38(53-34-18-13-31(14-19-34)43(5,6)7)23-30-11-15-32(16-12-30)50-25-39-45-36-20-17-33(24-37(36)46(39)9)51-26-44(8)22-21-35-29(4)40(47)27(2)28(3)41(35)52-44/h11-20,24,38,47H,10,21-23,25-26H2,1-9H3. The van der Waals surface area contributed by atoms with Crippen LogP contribution >= 0.6 is 11.8 Å². The number of hydrogen-bond acceptors (Lipinski definition) is 8. The van der Waals surface area contributed by atoms with Crippen LogP contribution in [0.1, 0.15) is 80.2 Å². The normalized spacial score (nSPS) is 16.2. The lowest BCUT2D eigenvalue weighted by Crippen LogP contribution is -2.42. The first-order valence-electron chi connectivity index (χ1n) is 18.4. The van der Waals surface area contributed by atoms with Crippen LogP contribution in [0.15, 0.2) is 71.6 Å². The van der Waals surface area contributed by atoms with E-state index >= 15 is 0 Å². The number of imidazole rings is 1. The van der Waals surface area contributed by atoms with E-state index in [1.807, 2.05) is 81.8 Å². The summed E-state index contributed by atoms with van der Waals surface area (Å²) in [5, 5.41) is 10.2. The first kappa shape index (κ1) is 38.1. The Morgan fingerprint density at radius 3 is 2.36 bits per heavy atom. The summed E-state index contributed by atoms with van der Waals surface area (Å²) >= 11 is 1.54. The fourth-order valence-corrected chi connectivity index (χ4v) is 7.82. The smallest absolute Gasteiger partial charge is 0.319 e. The summed E-state index contributed by atoms with van der Waals surface area (Å²) in [6.07, 6.45) is 2.15. The molecule has 0 amide bonds. The van der Waals surface area contributed by atoms with Crippen LogP contribution in [0.2, 0.25) is 0 Å². The van der Waals surface area contributed by atoms with Gasteiger partial charge in [0.05, 0.1) is 17.6 Å². The fraction of sp³-hybridized carbons (Fsp3) is 0.409. The molecule has 9 heteroatoms. The van der Waals surface area contributed by atoms with Crippen molar-refractivity contribution in [2.45, 2.75) is 102 Å². The molecule has 53 heavy (non-hydrogen) atoms. The second kappa shape index (κ2) is 15.4.